The van der Waals surface area contributed by atoms with Crippen molar-refractivity contribution in [1.82, 2.24) is 19.5 Å². The maximum atomic E-state index is 4.30. The van der Waals surface area contributed by atoms with Crippen molar-refractivity contribution in [2.45, 2.75) is 10.2 Å². The number of hydrogen-bond acceptors (Lipinski definition) is 5. The normalized spacial score (nSPS) is 11.1. The number of hydrogen-bond donors (Lipinski definition) is 0. The summed E-state index contributed by atoms with van der Waals surface area (Å²) in [5.41, 5.74) is 0. The van der Waals surface area contributed by atoms with E-state index in [1.165, 1.54) is 0 Å². The van der Waals surface area contributed by atoms with Gasteiger partial charge in [0.1, 0.15) is 16.2 Å². The third-order valence-corrected chi connectivity index (χ3v) is 4.11. The lowest BCUT2D eigenvalue weighted by Crippen LogP contribution is -1.90. The van der Waals surface area contributed by atoms with E-state index in [2.05, 4.69) is 15.0 Å². The van der Waals surface area contributed by atoms with Crippen LogP contribution in [0.15, 0.2) is 40.3 Å². The largest absolute Gasteiger partial charge is 0.329 e. The Balaban J connectivity index is 2.07. The number of imidazole rings is 1. The molecule has 3 aromatic rings. The fraction of sp³-hybridized carbons (Fsp3) is 0.100. The van der Waals surface area contributed by atoms with Crippen LogP contribution >= 0.6 is 23.1 Å². The molecule has 0 bridgehead atoms. The van der Waals surface area contributed by atoms with E-state index >= 15 is 0 Å². The standard InChI is InChI=1S/C10H8N4S2/c1-14-4-3-11-10(14)16-9-7-2-5-15-8(7)12-6-13-9/h2-6H,1H3. The van der Waals surface area contributed by atoms with Crippen molar-refractivity contribution >= 4 is 33.3 Å². The van der Waals surface area contributed by atoms with E-state index < -0.39 is 0 Å². The number of aromatic nitrogens is 4. The Labute approximate surface area is 100 Å². The molecule has 0 saturated heterocycles. The molecule has 0 aliphatic carbocycles. The maximum Gasteiger partial charge on any atom is 0.174 e. The summed E-state index contributed by atoms with van der Waals surface area (Å²) in [5, 5.41) is 5.02. The summed E-state index contributed by atoms with van der Waals surface area (Å²) in [5.74, 6) is 0. The SMILES string of the molecule is Cn1ccnc1Sc1ncnc2sccc12. The predicted octanol–water partition coefficient (Wildman–Crippen LogP) is 2.58. The quantitative estimate of drug-likeness (QED) is 0.654. The predicted molar refractivity (Wildman–Crippen MR) is 64.7 cm³/mol. The van der Waals surface area contributed by atoms with Crippen LogP contribution in [0.3, 0.4) is 0 Å². The van der Waals surface area contributed by atoms with Gasteiger partial charge in [-0.05, 0) is 23.2 Å². The molecule has 3 aromatic heterocycles. The van der Waals surface area contributed by atoms with Crippen LogP contribution in [-0.4, -0.2) is 19.5 Å². The molecule has 0 atom stereocenters. The first kappa shape index (κ1) is 9.80. The average molecular weight is 248 g/mol. The zero-order chi connectivity index (χ0) is 11.0. The number of rotatable bonds is 2. The monoisotopic (exact) mass is 248 g/mol. The fourth-order valence-electron chi connectivity index (χ4n) is 1.39. The molecule has 3 heterocycles. The number of fused-ring (bicyclic) bond motifs is 1. The van der Waals surface area contributed by atoms with Crippen molar-refractivity contribution in [3.8, 4) is 0 Å². The van der Waals surface area contributed by atoms with E-state index in [-0.39, 0.29) is 0 Å². The minimum Gasteiger partial charge on any atom is -0.329 e. The molecule has 0 radical (unpaired) electrons. The highest BCUT2D eigenvalue weighted by Gasteiger charge is 2.08. The van der Waals surface area contributed by atoms with Gasteiger partial charge in [-0.15, -0.1) is 11.3 Å². The summed E-state index contributed by atoms with van der Waals surface area (Å²) in [7, 11) is 1.97. The molecule has 0 aromatic carbocycles. The smallest absolute Gasteiger partial charge is 0.174 e. The van der Waals surface area contributed by atoms with Gasteiger partial charge in [0, 0.05) is 24.8 Å². The van der Waals surface area contributed by atoms with E-state index in [0.717, 1.165) is 20.4 Å². The Bertz CT molecular complexity index is 628. The Morgan fingerprint density at radius 1 is 1.31 bits per heavy atom. The molecular formula is C10H8N4S2. The van der Waals surface area contributed by atoms with Crippen LogP contribution in [0.4, 0.5) is 0 Å². The van der Waals surface area contributed by atoms with E-state index in [1.807, 2.05) is 29.3 Å². The van der Waals surface area contributed by atoms with Gasteiger partial charge < -0.3 is 4.57 Å². The minimum atomic E-state index is 0.936. The molecule has 4 nitrogen and oxygen atoms in total. The Kier molecular flexibility index (Phi) is 2.37. The van der Waals surface area contributed by atoms with Crippen LogP contribution in [0.2, 0.25) is 0 Å². The molecule has 0 amide bonds. The number of nitrogens with zero attached hydrogens (tertiary/aromatic N) is 4. The Morgan fingerprint density at radius 3 is 3.06 bits per heavy atom. The van der Waals surface area contributed by atoms with E-state index in [1.54, 1.807) is 35.6 Å². The van der Waals surface area contributed by atoms with Crippen molar-refractivity contribution in [1.29, 1.82) is 0 Å². The first-order valence-electron chi connectivity index (χ1n) is 4.68. The van der Waals surface area contributed by atoms with Crippen LogP contribution in [0, 0.1) is 0 Å². The van der Waals surface area contributed by atoms with Gasteiger partial charge in [0.15, 0.2) is 5.16 Å². The van der Waals surface area contributed by atoms with Gasteiger partial charge in [0.25, 0.3) is 0 Å². The van der Waals surface area contributed by atoms with Crippen LogP contribution in [-0.2, 0) is 7.05 Å². The van der Waals surface area contributed by atoms with Crippen LogP contribution in [0.25, 0.3) is 10.2 Å². The van der Waals surface area contributed by atoms with Crippen molar-refractivity contribution in [2.24, 2.45) is 7.05 Å². The second-order valence-electron chi connectivity index (χ2n) is 3.24. The summed E-state index contributed by atoms with van der Waals surface area (Å²) < 4.78 is 1.98. The highest BCUT2D eigenvalue weighted by atomic mass is 32.2. The Hall–Kier alpha value is -1.40. The lowest BCUT2D eigenvalue weighted by molar-refractivity contribution is 0.789. The Morgan fingerprint density at radius 2 is 2.25 bits per heavy atom. The molecule has 3 rings (SSSR count). The number of aryl methyl sites for hydroxylation is 1. The molecule has 6 heteroatoms. The van der Waals surface area contributed by atoms with Crippen LogP contribution < -0.4 is 0 Å². The molecular weight excluding hydrogens is 240 g/mol. The summed E-state index contributed by atoms with van der Waals surface area (Å²) >= 11 is 3.19. The molecule has 0 unspecified atom stereocenters. The first-order chi connectivity index (χ1) is 7.84. The number of thiophene rings is 1. The van der Waals surface area contributed by atoms with Gasteiger partial charge in [0.2, 0.25) is 0 Å². The van der Waals surface area contributed by atoms with E-state index in [4.69, 9.17) is 0 Å². The summed E-state index contributed by atoms with van der Waals surface area (Å²) in [4.78, 5) is 13.8. The summed E-state index contributed by atoms with van der Waals surface area (Å²) in [6.45, 7) is 0. The lowest BCUT2D eigenvalue weighted by Gasteiger charge is -2.01. The zero-order valence-electron chi connectivity index (χ0n) is 8.49. The van der Waals surface area contributed by atoms with Crippen molar-refractivity contribution in [3.05, 3.63) is 30.2 Å². The molecule has 0 aliphatic rings. The topological polar surface area (TPSA) is 43.6 Å². The molecule has 0 N–H and O–H groups in total. The molecule has 0 spiro atoms. The third kappa shape index (κ3) is 1.60. The second-order valence-corrected chi connectivity index (χ2v) is 5.09. The molecule has 16 heavy (non-hydrogen) atoms. The van der Waals surface area contributed by atoms with Crippen molar-refractivity contribution < 1.29 is 0 Å². The highest BCUT2D eigenvalue weighted by Crippen LogP contribution is 2.31. The van der Waals surface area contributed by atoms with Crippen molar-refractivity contribution in [2.75, 3.05) is 0 Å². The second kappa shape index (κ2) is 3.88. The average Bonchev–Trinajstić information content (AvgIpc) is 2.89. The molecule has 0 aliphatic heterocycles. The minimum absolute atomic E-state index is 0.936. The van der Waals surface area contributed by atoms with E-state index in [9.17, 15) is 0 Å². The lowest BCUT2D eigenvalue weighted by atomic mass is 10.4. The highest BCUT2D eigenvalue weighted by molar-refractivity contribution is 7.99. The van der Waals surface area contributed by atoms with E-state index in [0.29, 0.717) is 0 Å². The summed E-state index contributed by atoms with van der Waals surface area (Å²) in [6, 6.07) is 2.05. The molecule has 80 valence electrons. The van der Waals surface area contributed by atoms with Crippen LogP contribution in [0.1, 0.15) is 0 Å². The molecule has 0 saturated carbocycles. The zero-order valence-corrected chi connectivity index (χ0v) is 10.1. The van der Waals surface area contributed by atoms with Gasteiger partial charge in [-0.2, -0.15) is 0 Å². The summed E-state index contributed by atoms with van der Waals surface area (Å²) in [6.07, 6.45) is 5.31. The van der Waals surface area contributed by atoms with Crippen molar-refractivity contribution in [3.63, 3.8) is 0 Å². The molecule has 0 fully saturated rings. The fourth-order valence-corrected chi connectivity index (χ4v) is 3.05. The third-order valence-electron chi connectivity index (χ3n) is 2.19. The van der Waals surface area contributed by atoms with Gasteiger partial charge in [-0.1, -0.05) is 0 Å². The maximum absolute atomic E-state index is 4.30. The van der Waals surface area contributed by atoms with Gasteiger partial charge in [0.05, 0.1) is 0 Å². The first-order valence-corrected chi connectivity index (χ1v) is 6.37. The van der Waals surface area contributed by atoms with Gasteiger partial charge >= 0.3 is 0 Å². The van der Waals surface area contributed by atoms with Gasteiger partial charge in [-0.3, -0.25) is 0 Å². The van der Waals surface area contributed by atoms with Crippen LogP contribution in [0.5, 0.6) is 0 Å². The van der Waals surface area contributed by atoms with Gasteiger partial charge in [-0.25, -0.2) is 15.0 Å².